The summed E-state index contributed by atoms with van der Waals surface area (Å²) in [5.41, 5.74) is 2.00. The van der Waals surface area contributed by atoms with E-state index in [1.54, 1.807) is 36.0 Å². The van der Waals surface area contributed by atoms with Crippen molar-refractivity contribution in [3.63, 3.8) is 0 Å². The van der Waals surface area contributed by atoms with Crippen molar-refractivity contribution < 1.29 is 4.79 Å². The predicted molar refractivity (Wildman–Crippen MR) is 79.1 cm³/mol. The van der Waals surface area contributed by atoms with Gasteiger partial charge in [-0.15, -0.1) is 0 Å². The van der Waals surface area contributed by atoms with Gasteiger partial charge in [0.2, 0.25) is 5.91 Å². The van der Waals surface area contributed by atoms with Crippen LogP contribution in [0.4, 0.5) is 5.69 Å². The van der Waals surface area contributed by atoms with Gasteiger partial charge in [0.1, 0.15) is 6.07 Å². The van der Waals surface area contributed by atoms with Gasteiger partial charge >= 0.3 is 0 Å². The molecule has 20 heavy (non-hydrogen) atoms. The molecule has 1 aromatic rings. The Morgan fingerprint density at radius 2 is 2.35 bits per heavy atom. The van der Waals surface area contributed by atoms with Gasteiger partial charge in [0.25, 0.3) is 0 Å². The van der Waals surface area contributed by atoms with Crippen molar-refractivity contribution in [2.24, 2.45) is 4.99 Å². The van der Waals surface area contributed by atoms with Crippen LogP contribution < -0.4 is 5.32 Å². The molecule has 100 valence electrons. The standard InChI is InChI=1S/C14H12N4OS/c15-8-10-3-1-2-4-12(10)17-13(19)7-11-9-20-14-16-5-6-18(11)14/h1-4,9H,5-7H2,(H,17,19). The van der Waals surface area contributed by atoms with E-state index in [4.69, 9.17) is 5.26 Å². The topological polar surface area (TPSA) is 68.5 Å². The first-order valence-corrected chi connectivity index (χ1v) is 7.12. The number of aliphatic imine (C=N–C) groups is 1. The molecular formula is C14H12N4OS. The molecule has 0 bridgehead atoms. The molecule has 0 radical (unpaired) electrons. The minimum absolute atomic E-state index is 0.118. The summed E-state index contributed by atoms with van der Waals surface area (Å²) in [6, 6.07) is 9.06. The maximum Gasteiger partial charge on any atom is 0.230 e. The van der Waals surface area contributed by atoms with Gasteiger partial charge in [0, 0.05) is 12.2 Å². The average Bonchev–Trinajstić information content (AvgIpc) is 3.04. The highest BCUT2D eigenvalue weighted by atomic mass is 32.2. The zero-order valence-electron chi connectivity index (χ0n) is 10.7. The van der Waals surface area contributed by atoms with Crippen LogP contribution >= 0.6 is 11.8 Å². The van der Waals surface area contributed by atoms with Gasteiger partial charge in [0.05, 0.1) is 24.2 Å². The lowest BCUT2D eigenvalue weighted by molar-refractivity contribution is -0.115. The van der Waals surface area contributed by atoms with Crippen molar-refractivity contribution in [2.75, 3.05) is 18.4 Å². The van der Waals surface area contributed by atoms with Gasteiger partial charge in [-0.25, -0.2) is 0 Å². The third-order valence-electron chi connectivity index (χ3n) is 3.11. The van der Waals surface area contributed by atoms with Crippen molar-refractivity contribution in [3.05, 3.63) is 40.9 Å². The maximum atomic E-state index is 12.1. The quantitative estimate of drug-likeness (QED) is 0.923. The van der Waals surface area contributed by atoms with Gasteiger partial charge in [-0.1, -0.05) is 23.9 Å². The third kappa shape index (κ3) is 2.40. The van der Waals surface area contributed by atoms with E-state index in [2.05, 4.69) is 21.3 Å². The van der Waals surface area contributed by atoms with Crippen molar-refractivity contribution >= 4 is 28.5 Å². The number of amides is 1. The molecule has 0 fully saturated rings. The number of hydrogen-bond donors (Lipinski definition) is 1. The van der Waals surface area contributed by atoms with Crippen molar-refractivity contribution in [3.8, 4) is 6.07 Å². The smallest absolute Gasteiger partial charge is 0.230 e. The highest BCUT2D eigenvalue weighted by Crippen LogP contribution is 2.31. The summed E-state index contributed by atoms with van der Waals surface area (Å²) in [7, 11) is 0. The highest BCUT2D eigenvalue weighted by Gasteiger charge is 2.27. The normalized spacial score (nSPS) is 16.2. The first-order valence-electron chi connectivity index (χ1n) is 6.24. The van der Waals surface area contributed by atoms with Gasteiger partial charge < -0.3 is 10.2 Å². The predicted octanol–water partition coefficient (Wildman–Crippen LogP) is 2.15. The molecule has 5 nitrogen and oxygen atoms in total. The Morgan fingerprint density at radius 3 is 3.20 bits per heavy atom. The Morgan fingerprint density at radius 1 is 1.50 bits per heavy atom. The average molecular weight is 284 g/mol. The van der Waals surface area contributed by atoms with Crippen LogP contribution in [0, 0.1) is 11.3 Å². The summed E-state index contributed by atoms with van der Waals surface area (Å²) in [5.74, 6) is -0.118. The summed E-state index contributed by atoms with van der Waals surface area (Å²) in [6.07, 6.45) is 0.297. The largest absolute Gasteiger partial charge is 0.325 e. The molecule has 0 aliphatic carbocycles. The second-order valence-corrected chi connectivity index (χ2v) is 5.26. The van der Waals surface area contributed by atoms with E-state index in [9.17, 15) is 4.79 Å². The lowest BCUT2D eigenvalue weighted by Crippen LogP contribution is -2.24. The number of para-hydroxylation sites is 1. The Labute approximate surface area is 121 Å². The van der Waals surface area contributed by atoms with Crippen molar-refractivity contribution in [1.82, 2.24) is 4.90 Å². The lowest BCUT2D eigenvalue weighted by Gasteiger charge is -2.16. The van der Waals surface area contributed by atoms with Crippen LogP contribution in [-0.4, -0.2) is 29.1 Å². The number of nitrogens with zero attached hydrogens (tertiary/aromatic N) is 3. The molecule has 1 aromatic carbocycles. The number of carbonyl (C=O) groups is 1. The summed E-state index contributed by atoms with van der Waals surface area (Å²) in [5, 5.41) is 14.7. The van der Waals surface area contributed by atoms with E-state index >= 15 is 0 Å². The maximum absolute atomic E-state index is 12.1. The molecule has 0 aromatic heterocycles. The second-order valence-electron chi connectivity index (χ2n) is 4.43. The van der Waals surface area contributed by atoms with Gasteiger partial charge in [-0.05, 0) is 17.5 Å². The molecular weight excluding hydrogens is 272 g/mol. The molecule has 2 aliphatic heterocycles. The minimum atomic E-state index is -0.118. The summed E-state index contributed by atoms with van der Waals surface area (Å²) in [6.45, 7) is 1.63. The van der Waals surface area contributed by atoms with Crippen molar-refractivity contribution in [2.45, 2.75) is 6.42 Å². The summed E-state index contributed by atoms with van der Waals surface area (Å²) in [4.78, 5) is 18.5. The second kappa shape index (κ2) is 5.39. The van der Waals surface area contributed by atoms with E-state index in [0.717, 1.165) is 24.0 Å². The monoisotopic (exact) mass is 284 g/mol. The summed E-state index contributed by atoms with van der Waals surface area (Å²) < 4.78 is 0. The zero-order valence-corrected chi connectivity index (χ0v) is 11.5. The third-order valence-corrected chi connectivity index (χ3v) is 4.06. The van der Waals surface area contributed by atoms with Gasteiger partial charge in [-0.3, -0.25) is 9.79 Å². The number of carbonyl (C=O) groups excluding carboxylic acids is 1. The minimum Gasteiger partial charge on any atom is -0.325 e. The number of nitrogens with one attached hydrogen (secondary N) is 1. The van der Waals surface area contributed by atoms with Crippen LogP contribution in [0.3, 0.4) is 0 Å². The number of benzene rings is 1. The lowest BCUT2D eigenvalue weighted by atomic mass is 10.2. The molecule has 1 N–H and O–H groups in total. The number of rotatable bonds is 3. The van der Waals surface area contributed by atoms with E-state index < -0.39 is 0 Å². The summed E-state index contributed by atoms with van der Waals surface area (Å²) >= 11 is 1.56. The van der Waals surface area contributed by atoms with Crippen LogP contribution in [0.25, 0.3) is 0 Å². The van der Waals surface area contributed by atoms with Gasteiger partial charge in [-0.2, -0.15) is 5.26 Å². The molecule has 2 heterocycles. The molecule has 0 unspecified atom stereocenters. The van der Waals surface area contributed by atoms with E-state index in [1.807, 2.05) is 5.41 Å². The fraction of sp³-hybridized carbons (Fsp3) is 0.214. The number of nitriles is 1. The van der Waals surface area contributed by atoms with E-state index in [1.165, 1.54) is 0 Å². The fourth-order valence-corrected chi connectivity index (χ4v) is 3.12. The SMILES string of the molecule is N#Cc1ccccc1NC(=O)CC1=CSC2=NCCN12. The van der Waals surface area contributed by atoms with Crippen LogP contribution in [0.15, 0.2) is 40.4 Å². The van der Waals surface area contributed by atoms with Gasteiger partial charge in [0.15, 0.2) is 5.17 Å². The Bertz CT molecular complexity index is 659. The molecule has 1 amide bonds. The number of amidine groups is 1. The first kappa shape index (κ1) is 12.8. The zero-order chi connectivity index (χ0) is 13.9. The molecule has 3 rings (SSSR count). The molecule has 0 saturated carbocycles. The van der Waals surface area contributed by atoms with Crippen LogP contribution in [-0.2, 0) is 4.79 Å². The Kier molecular flexibility index (Phi) is 3.44. The van der Waals surface area contributed by atoms with Crippen LogP contribution in [0.2, 0.25) is 0 Å². The number of fused-ring (bicyclic) bond motifs is 1. The van der Waals surface area contributed by atoms with Crippen molar-refractivity contribution in [1.29, 1.82) is 5.26 Å². The van der Waals surface area contributed by atoms with E-state index in [-0.39, 0.29) is 5.91 Å². The van der Waals surface area contributed by atoms with Crippen LogP contribution in [0.5, 0.6) is 0 Å². The fourth-order valence-electron chi connectivity index (χ4n) is 2.16. The molecule has 0 saturated heterocycles. The Balaban J connectivity index is 1.66. The number of hydrogen-bond acceptors (Lipinski definition) is 5. The molecule has 0 spiro atoms. The van der Waals surface area contributed by atoms with Crippen LogP contribution in [0.1, 0.15) is 12.0 Å². The Hall–Kier alpha value is -2.26. The number of thioether (sulfide) groups is 1. The molecule has 2 aliphatic rings. The van der Waals surface area contributed by atoms with E-state index in [0.29, 0.717) is 17.7 Å². The number of anilines is 1. The highest BCUT2D eigenvalue weighted by molar-refractivity contribution is 8.16. The first-order chi connectivity index (χ1) is 9.78. The molecule has 0 atom stereocenters. The molecule has 6 heteroatoms.